The maximum atomic E-state index is 12.7. The van der Waals surface area contributed by atoms with Gasteiger partial charge in [-0.25, -0.2) is 4.98 Å². The van der Waals surface area contributed by atoms with Crippen LogP contribution in [0.3, 0.4) is 0 Å². The Balaban J connectivity index is 2.34. The molecule has 1 N–H and O–H groups in total. The molecule has 0 aromatic carbocycles. The van der Waals surface area contributed by atoms with Gasteiger partial charge in [0.05, 0.1) is 6.04 Å². The van der Waals surface area contributed by atoms with E-state index < -0.39 is 12.1 Å². The third-order valence-corrected chi connectivity index (χ3v) is 4.68. The second-order valence-corrected chi connectivity index (χ2v) is 6.37. The fourth-order valence-electron chi connectivity index (χ4n) is 2.61. The lowest BCUT2D eigenvalue weighted by atomic mass is 9.95. The Morgan fingerprint density at radius 2 is 2.10 bits per heavy atom. The highest BCUT2D eigenvalue weighted by Crippen LogP contribution is 2.29. The zero-order chi connectivity index (χ0) is 14.9. The molecule has 2 amide bonds. The van der Waals surface area contributed by atoms with Crippen LogP contribution in [0.1, 0.15) is 45.2 Å². The van der Waals surface area contributed by atoms with E-state index in [0.717, 1.165) is 5.01 Å². The topological polar surface area (TPSA) is 62.3 Å². The predicted molar refractivity (Wildman–Crippen MR) is 78.2 cm³/mol. The Kier molecular flexibility index (Phi) is 4.42. The molecule has 1 aliphatic rings. The molecule has 3 atom stereocenters. The molecule has 0 spiro atoms. The summed E-state index contributed by atoms with van der Waals surface area (Å²) in [5.41, 5.74) is 0. The standard InChI is InChI=1S/C14H21N3O2S/c1-5-10-12(18)16-11(8(2)3)14(19)17(10)9(4)13-15-6-7-20-13/h6-11H,5H2,1-4H3,(H,16,18). The van der Waals surface area contributed by atoms with Crippen molar-refractivity contribution < 1.29 is 9.59 Å². The first kappa shape index (κ1) is 15.0. The maximum Gasteiger partial charge on any atom is 0.246 e. The molecule has 1 saturated heterocycles. The van der Waals surface area contributed by atoms with E-state index in [1.807, 2.05) is 33.1 Å². The summed E-state index contributed by atoms with van der Waals surface area (Å²) in [6.07, 6.45) is 2.34. The summed E-state index contributed by atoms with van der Waals surface area (Å²) in [4.78, 5) is 30.9. The van der Waals surface area contributed by atoms with Crippen molar-refractivity contribution in [3.63, 3.8) is 0 Å². The zero-order valence-electron chi connectivity index (χ0n) is 12.3. The van der Waals surface area contributed by atoms with Gasteiger partial charge < -0.3 is 10.2 Å². The molecule has 0 aliphatic carbocycles. The smallest absolute Gasteiger partial charge is 0.246 e. The highest BCUT2D eigenvalue weighted by Gasteiger charge is 2.43. The van der Waals surface area contributed by atoms with Crippen molar-refractivity contribution in [3.05, 3.63) is 16.6 Å². The Hall–Kier alpha value is -1.43. The molecule has 5 nitrogen and oxygen atoms in total. The van der Waals surface area contributed by atoms with Crippen molar-refractivity contribution >= 4 is 23.2 Å². The quantitative estimate of drug-likeness (QED) is 0.923. The molecule has 20 heavy (non-hydrogen) atoms. The molecule has 2 heterocycles. The van der Waals surface area contributed by atoms with Crippen LogP contribution in [0.2, 0.25) is 0 Å². The van der Waals surface area contributed by atoms with E-state index in [-0.39, 0.29) is 23.8 Å². The first-order valence-corrected chi connectivity index (χ1v) is 7.87. The number of rotatable bonds is 4. The number of carbonyl (C=O) groups excluding carboxylic acids is 2. The minimum absolute atomic E-state index is 0.00542. The van der Waals surface area contributed by atoms with Crippen LogP contribution in [0.5, 0.6) is 0 Å². The number of hydrogen-bond acceptors (Lipinski definition) is 4. The zero-order valence-corrected chi connectivity index (χ0v) is 13.1. The molecule has 0 saturated carbocycles. The summed E-state index contributed by atoms with van der Waals surface area (Å²) in [7, 11) is 0. The SMILES string of the molecule is CCC1C(=O)NC(C(C)C)C(=O)N1C(C)c1nccs1. The molecule has 1 aliphatic heterocycles. The monoisotopic (exact) mass is 295 g/mol. The van der Waals surface area contributed by atoms with Crippen molar-refractivity contribution in [2.24, 2.45) is 5.92 Å². The molecule has 1 aromatic heterocycles. The van der Waals surface area contributed by atoms with E-state index in [4.69, 9.17) is 0 Å². The average Bonchev–Trinajstić information content (AvgIpc) is 2.93. The lowest BCUT2D eigenvalue weighted by Gasteiger charge is -2.42. The minimum Gasteiger partial charge on any atom is -0.342 e. The van der Waals surface area contributed by atoms with Gasteiger partial charge in [0.15, 0.2) is 0 Å². The van der Waals surface area contributed by atoms with Crippen molar-refractivity contribution in [1.29, 1.82) is 0 Å². The minimum atomic E-state index is -0.437. The Bertz CT molecular complexity index is 487. The Morgan fingerprint density at radius 1 is 1.40 bits per heavy atom. The molecule has 1 aromatic rings. The van der Waals surface area contributed by atoms with E-state index in [2.05, 4.69) is 10.3 Å². The summed E-state index contributed by atoms with van der Waals surface area (Å²) >= 11 is 1.51. The predicted octanol–water partition coefficient (Wildman–Crippen LogP) is 1.97. The van der Waals surface area contributed by atoms with Gasteiger partial charge in [0, 0.05) is 11.6 Å². The number of nitrogens with zero attached hydrogens (tertiary/aromatic N) is 2. The fourth-order valence-corrected chi connectivity index (χ4v) is 3.30. The number of hydrogen-bond donors (Lipinski definition) is 1. The lowest BCUT2D eigenvalue weighted by Crippen LogP contribution is -2.64. The van der Waals surface area contributed by atoms with Crippen LogP contribution in [-0.2, 0) is 9.59 Å². The third-order valence-electron chi connectivity index (χ3n) is 3.74. The van der Waals surface area contributed by atoms with Crippen molar-refractivity contribution in [2.45, 2.75) is 52.2 Å². The number of aromatic nitrogens is 1. The van der Waals surface area contributed by atoms with Gasteiger partial charge in [-0.05, 0) is 19.3 Å². The van der Waals surface area contributed by atoms with Crippen LogP contribution in [0.4, 0.5) is 0 Å². The molecule has 6 heteroatoms. The highest BCUT2D eigenvalue weighted by atomic mass is 32.1. The van der Waals surface area contributed by atoms with Gasteiger partial charge in [-0.1, -0.05) is 20.8 Å². The summed E-state index contributed by atoms with van der Waals surface area (Å²) in [6.45, 7) is 7.76. The third kappa shape index (κ3) is 2.57. The van der Waals surface area contributed by atoms with Gasteiger partial charge in [0.2, 0.25) is 11.8 Å². The van der Waals surface area contributed by atoms with E-state index >= 15 is 0 Å². The van der Waals surface area contributed by atoms with Crippen LogP contribution < -0.4 is 5.32 Å². The average molecular weight is 295 g/mol. The molecular weight excluding hydrogens is 274 g/mol. The van der Waals surface area contributed by atoms with Crippen molar-refractivity contribution in [1.82, 2.24) is 15.2 Å². The summed E-state index contributed by atoms with van der Waals surface area (Å²) in [5, 5.41) is 5.61. The largest absolute Gasteiger partial charge is 0.342 e. The number of piperazine rings is 1. The van der Waals surface area contributed by atoms with Crippen LogP contribution in [0, 0.1) is 5.92 Å². The molecular formula is C14H21N3O2S. The van der Waals surface area contributed by atoms with Gasteiger partial charge in [0.25, 0.3) is 0 Å². The second-order valence-electron chi connectivity index (χ2n) is 5.45. The van der Waals surface area contributed by atoms with Crippen LogP contribution in [0.15, 0.2) is 11.6 Å². The van der Waals surface area contributed by atoms with Crippen LogP contribution in [0.25, 0.3) is 0 Å². The lowest BCUT2D eigenvalue weighted by molar-refractivity contribution is -0.153. The molecule has 0 bridgehead atoms. The Labute approximate surface area is 123 Å². The molecule has 3 unspecified atom stereocenters. The summed E-state index contributed by atoms with van der Waals surface area (Å²) in [5.74, 6) is 0.0126. The first-order valence-electron chi connectivity index (χ1n) is 6.99. The fraction of sp³-hybridized carbons (Fsp3) is 0.643. The van der Waals surface area contributed by atoms with Gasteiger partial charge in [-0.15, -0.1) is 11.3 Å². The number of nitrogens with one attached hydrogen (secondary N) is 1. The number of amides is 2. The number of carbonyl (C=O) groups is 2. The molecule has 110 valence electrons. The van der Waals surface area contributed by atoms with Gasteiger partial charge in [-0.3, -0.25) is 9.59 Å². The maximum absolute atomic E-state index is 12.7. The normalized spacial score (nSPS) is 24.9. The van der Waals surface area contributed by atoms with E-state index in [9.17, 15) is 9.59 Å². The van der Waals surface area contributed by atoms with Crippen molar-refractivity contribution in [3.8, 4) is 0 Å². The van der Waals surface area contributed by atoms with E-state index in [1.54, 1.807) is 11.1 Å². The molecule has 0 radical (unpaired) electrons. The van der Waals surface area contributed by atoms with Crippen LogP contribution >= 0.6 is 11.3 Å². The molecule has 1 fully saturated rings. The van der Waals surface area contributed by atoms with Crippen LogP contribution in [-0.4, -0.2) is 33.8 Å². The summed E-state index contributed by atoms with van der Waals surface area (Å²) in [6, 6.07) is -1.01. The number of thiazole rings is 1. The highest BCUT2D eigenvalue weighted by molar-refractivity contribution is 7.09. The van der Waals surface area contributed by atoms with E-state index in [0.29, 0.717) is 6.42 Å². The molecule has 2 rings (SSSR count). The van der Waals surface area contributed by atoms with E-state index in [1.165, 1.54) is 11.3 Å². The first-order chi connectivity index (χ1) is 9.47. The van der Waals surface area contributed by atoms with Gasteiger partial charge in [0.1, 0.15) is 17.1 Å². The van der Waals surface area contributed by atoms with Gasteiger partial charge in [-0.2, -0.15) is 0 Å². The van der Waals surface area contributed by atoms with Crippen molar-refractivity contribution in [2.75, 3.05) is 0 Å². The second kappa shape index (κ2) is 5.91. The summed E-state index contributed by atoms with van der Waals surface area (Å²) < 4.78 is 0. The Morgan fingerprint density at radius 3 is 2.60 bits per heavy atom. The van der Waals surface area contributed by atoms with Gasteiger partial charge >= 0.3 is 0 Å².